The number of phosphoric ester groups is 1. The number of carboxylic acid groups (broad SMARTS) is 1. The maximum Gasteiger partial charge on any atom is 0.524 e. The second-order valence-corrected chi connectivity index (χ2v) is 10.2. The second-order valence-electron chi connectivity index (χ2n) is 9.05. The number of nitrogens with one attached hydrogen (secondary N) is 1. The molecule has 0 aromatic heterocycles. The first-order chi connectivity index (χ1) is 20.0. The second kappa shape index (κ2) is 12.7. The number of rotatable bonds is 10. The average Bonchev–Trinajstić information content (AvgIpc) is 2.93. The summed E-state index contributed by atoms with van der Waals surface area (Å²) in [4.78, 5) is 54.8. The predicted octanol–water partition coefficient (Wildman–Crippen LogP) is 5.21. The van der Waals surface area contributed by atoms with Crippen molar-refractivity contribution < 1.29 is 43.1 Å². The molecule has 1 aliphatic carbocycles. The molecule has 0 unspecified atom stereocenters. The van der Waals surface area contributed by atoms with E-state index in [1.807, 2.05) is 0 Å². The number of aromatic hydroxyl groups is 1. The quantitative estimate of drug-likeness (QED) is 0.0710. The Morgan fingerprint density at radius 3 is 2.52 bits per heavy atom. The number of phosphoric acid groups is 1. The molecule has 4 rings (SSSR count). The van der Waals surface area contributed by atoms with Gasteiger partial charge in [0.1, 0.15) is 17.1 Å². The summed E-state index contributed by atoms with van der Waals surface area (Å²) in [7, 11) is -4.63. The molecule has 12 heteroatoms. The van der Waals surface area contributed by atoms with E-state index in [1.165, 1.54) is 48.5 Å². The van der Waals surface area contributed by atoms with E-state index >= 15 is 0 Å². The molecule has 0 spiro atoms. The Kier molecular flexibility index (Phi) is 9.07. The minimum absolute atomic E-state index is 0.0711. The maximum atomic E-state index is 12.9. The van der Waals surface area contributed by atoms with Gasteiger partial charge in [-0.05, 0) is 67.0 Å². The van der Waals surface area contributed by atoms with Gasteiger partial charge in [0, 0.05) is 40.8 Å². The highest BCUT2D eigenvalue weighted by Gasteiger charge is 2.23. The van der Waals surface area contributed by atoms with Crippen molar-refractivity contribution in [2.24, 2.45) is 0 Å². The van der Waals surface area contributed by atoms with Gasteiger partial charge in [-0.3, -0.25) is 19.4 Å². The van der Waals surface area contributed by atoms with Gasteiger partial charge in [0.05, 0.1) is 11.8 Å². The third-order valence-corrected chi connectivity index (χ3v) is 6.52. The summed E-state index contributed by atoms with van der Waals surface area (Å²) in [5.41, 5.74) is 1.86. The zero-order valence-corrected chi connectivity index (χ0v) is 23.1. The van der Waals surface area contributed by atoms with Gasteiger partial charge < -0.3 is 24.5 Å². The molecule has 0 atom stereocenters. The van der Waals surface area contributed by atoms with Crippen LogP contribution in [0.2, 0.25) is 0 Å². The molecule has 5 N–H and O–H groups in total. The number of allylic oxidation sites excluding steroid dienone is 4. The Morgan fingerprint density at radius 1 is 1.05 bits per heavy atom. The molecule has 42 heavy (non-hydrogen) atoms. The van der Waals surface area contributed by atoms with Gasteiger partial charge in [0.2, 0.25) is 0 Å². The van der Waals surface area contributed by atoms with E-state index in [4.69, 9.17) is 14.2 Å². The van der Waals surface area contributed by atoms with Crippen molar-refractivity contribution in [1.82, 2.24) is 5.32 Å². The average molecular weight is 592 g/mol. The topological polar surface area (TPSA) is 184 Å². The standard InChI is InChI=1S/C30H26NO10P/c1-2-4-18(5-3-14-40-42(37,38)39)12-13-31-29(34)19-6-9-22(25(15-19)30(35)36)28-23-10-7-20(32)16-26(23)41-27-17-21(33)8-11-24(27)28/h2-11,14-17,32H,12-13H2,1H3,(H,31,34)(H,35,36)(H2,37,38,39)/b4-2-,14-3-,18-5+. The van der Waals surface area contributed by atoms with Crippen LogP contribution in [-0.4, -0.2) is 38.4 Å². The largest absolute Gasteiger partial charge is 0.524 e. The van der Waals surface area contributed by atoms with Crippen molar-refractivity contribution in [3.63, 3.8) is 0 Å². The monoisotopic (exact) mass is 591 g/mol. The van der Waals surface area contributed by atoms with Crippen LogP contribution in [0.4, 0.5) is 0 Å². The highest BCUT2D eigenvalue weighted by molar-refractivity contribution is 7.46. The number of hydrogen-bond donors (Lipinski definition) is 5. The molecule has 0 bridgehead atoms. The molecule has 216 valence electrons. The van der Waals surface area contributed by atoms with Crippen LogP contribution in [0.3, 0.4) is 0 Å². The third-order valence-electron chi connectivity index (χ3n) is 6.13. The summed E-state index contributed by atoms with van der Waals surface area (Å²) < 4.78 is 20.9. The van der Waals surface area contributed by atoms with Crippen LogP contribution in [0, 0.1) is 0 Å². The minimum atomic E-state index is -4.63. The minimum Gasteiger partial charge on any atom is -0.508 e. The lowest BCUT2D eigenvalue weighted by Crippen LogP contribution is -2.25. The van der Waals surface area contributed by atoms with E-state index in [0.717, 1.165) is 11.8 Å². The Balaban J connectivity index is 1.64. The fraction of sp³-hybridized carbons (Fsp3) is 0.100. The maximum absolute atomic E-state index is 12.9. The fourth-order valence-corrected chi connectivity index (χ4v) is 4.59. The summed E-state index contributed by atoms with van der Waals surface area (Å²) in [6, 6.07) is 12.8. The summed E-state index contributed by atoms with van der Waals surface area (Å²) in [5.74, 6) is -1.65. The van der Waals surface area contributed by atoms with Gasteiger partial charge in [0.25, 0.3) is 5.91 Å². The summed E-state index contributed by atoms with van der Waals surface area (Å²) in [6.07, 6.45) is 7.62. The number of phenolic OH excluding ortho intramolecular Hbond substituents is 1. The molecule has 1 heterocycles. The van der Waals surface area contributed by atoms with Crippen molar-refractivity contribution in [3.8, 4) is 28.2 Å². The van der Waals surface area contributed by atoms with Gasteiger partial charge in [0.15, 0.2) is 5.43 Å². The molecule has 2 aromatic carbocycles. The van der Waals surface area contributed by atoms with Crippen molar-refractivity contribution in [2.45, 2.75) is 13.3 Å². The number of amides is 1. The predicted molar refractivity (Wildman–Crippen MR) is 155 cm³/mol. The smallest absolute Gasteiger partial charge is 0.508 e. The fourth-order valence-electron chi connectivity index (χ4n) is 4.37. The number of aromatic carboxylic acids is 1. The molecule has 2 aromatic rings. The van der Waals surface area contributed by atoms with Crippen LogP contribution in [-0.2, 0) is 9.09 Å². The Hall–Kier alpha value is -4.96. The van der Waals surface area contributed by atoms with Gasteiger partial charge in [-0.1, -0.05) is 24.3 Å². The first-order valence-electron chi connectivity index (χ1n) is 12.5. The number of carboxylic acids is 1. The molecular formula is C30H26NO10P. The molecule has 0 saturated carbocycles. The number of phenols is 1. The van der Waals surface area contributed by atoms with E-state index in [9.17, 15) is 29.2 Å². The van der Waals surface area contributed by atoms with Gasteiger partial charge in [-0.2, -0.15) is 0 Å². The SMILES string of the molecule is C\C=C/C(=C\C=C/OP(=O)(O)O)CCNC(=O)c1ccc(-c2c3ccc(=O)cc-3oc3cc(O)ccc23)c(C(=O)O)c1. The molecule has 2 aliphatic rings. The Labute approximate surface area is 239 Å². The summed E-state index contributed by atoms with van der Waals surface area (Å²) in [6.45, 7) is 1.97. The summed E-state index contributed by atoms with van der Waals surface area (Å²) >= 11 is 0. The van der Waals surface area contributed by atoms with Gasteiger partial charge in [-0.15, -0.1) is 0 Å². The van der Waals surface area contributed by atoms with E-state index in [2.05, 4.69) is 9.84 Å². The first-order valence-corrected chi connectivity index (χ1v) is 14.1. The Bertz CT molecular complexity index is 1830. The van der Waals surface area contributed by atoms with Crippen LogP contribution < -0.4 is 10.7 Å². The van der Waals surface area contributed by atoms with Crippen LogP contribution >= 0.6 is 7.82 Å². The van der Waals surface area contributed by atoms with Gasteiger partial charge in [-0.25, -0.2) is 9.36 Å². The number of fused-ring (bicyclic) bond motifs is 2. The number of benzene rings is 3. The lowest BCUT2D eigenvalue weighted by molar-refractivity contribution is 0.0697. The van der Waals surface area contributed by atoms with Crippen molar-refractivity contribution in [3.05, 3.63) is 112 Å². The van der Waals surface area contributed by atoms with E-state index in [1.54, 1.807) is 37.3 Å². The van der Waals surface area contributed by atoms with Crippen LogP contribution in [0.1, 0.15) is 34.1 Å². The third kappa shape index (κ3) is 7.21. The summed E-state index contributed by atoms with van der Waals surface area (Å²) in [5, 5.41) is 23.3. The molecule has 0 radical (unpaired) electrons. The van der Waals surface area contributed by atoms with Crippen molar-refractivity contribution in [2.75, 3.05) is 6.54 Å². The number of hydrogen-bond acceptors (Lipinski definition) is 7. The molecule has 1 aliphatic heterocycles. The number of carbonyl (C=O) groups is 2. The zero-order valence-electron chi connectivity index (χ0n) is 22.2. The van der Waals surface area contributed by atoms with Crippen molar-refractivity contribution >= 4 is 30.7 Å². The Morgan fingerprint density at radius 2 is 1.81 bits per heavy atom. The van der Waals surface area contributed by atoms with Gasteiger partial charge >= 0.3 is 13.8 Å². The lowest BCUT2D eigenvalue weighted by Gasteiger charge is -2.17. The van der Waals surface area contributed by atoms with Crippen LogP contribution in [0.25, 0.3) is 33.4 Å². The van der Waals surface area contributed by atoms with E-state index in [0.29, 0.717) is 22.9 Å². The van der Waals surface area contributed by atoms with Crippen molar-refractivity contribution in [1.29, 1.82) is 0 Å². The normalized spacial score (nSPS) is 12.4. The zero-order chi connectivity index (χ0) is 30.4. The molecule has 1 amide bonds. The highest BCUT2D eigenvalue weighted by atomic mass is 31.2. The lowest BCUT2D eigenvalue weighted by atomic mass is 9.90. The molecular weight excluding hydrogens is 565 g/mol. The van der Waals surface area contributed by atoms with E-state index in [-0.39, 0.29) is 45.8 Å². The van der Waals surface area contributed by atoms with Crippen LogP contribution in [0.5, 0.6) is 5.75 Å². The van der Waals surface area contributed by atoms with E-state index < -0.39 is 19.7 Å². The molecule has 0 fully saturated rings. The molecule has 11 nitrogen and oxygen atoms in total. The first kappa shape index (κ1) is 30.0. The molecule has 0 saturated heterocycles. The van der Waals surface area contributed by atoms with Crippen LogP contribution in [0.15, 0.2) is 99.9 Å². The number of carbonyl (C=O) groups excluding carboxylic acids is 1. The highest BCUT2D eigenvalue weighted by Crippen LogP contribution is 2.42.